The number of fused-ring (bicyclic) bond motifs is 1. The Morgan fingerprint density at radius 1 is 1.46 bits per heavy atom. The Morgan fingerprint density at radius 2 is 2.21 bits per heavy atom. The third-order valence-electron chi connectivity index (χ3n) is 3.51. The van der Waals surface area contributed by atoms with Crippen molar-refractivity contribution in [3.05, 3.63) is 51.4 Å². The van der Waals surface area contributed by atoms with Crippen molar-refractivity contribution in [1.82, 2.24) is 19.9 Å². The second kappa shape index (κ2) is 5.78. The number of carbonyl (C=O) groups is 1. The number of nitro groups is 1. The Hall–Kier alpha value is -3.20. The lowest BCUT2D eigenvalue weighted by Crippen LogP contribution is -2.17. The lowest BCUT2D eigenvalue weighted by Gasteiger charge is -2.06. The van der Waals surface area contributed by atoms with Crippen LogP contribution in [0, 0.1) is 10.1 Å². The number of nitrogen functional groups attached to an aromatic ring is 1. The van der Waals surface area contributed by atoms with Crippen molar-refractivity contribution in [2.45, 2.75) is 0 Å². The third-order valence-corrected chi connectivity index (χ3v) is 3.81. The van der Waals surface area contributed by atoms with Gasteiger partial charge in [-0.15, -0.1) is 0 Å². The number of anilines is 1. The van der Waals surface area contributed by atoms with Crippen LogP contribution in [-0.4, -0.2) is 32.5 Å². The first kappa shape index (κ1) is 15.7. The van der Waals surface area contributed by atoms with Gasteiger partial charge in [0.05, 0.1) is 10.5 Å². The van der Waals surface area contributed by atoms with E-state index < -0.39 is 4.92 Å². The lowest BCUT2D eigenvalue weighted by atomic mass is 10.0. The second-order valence-electron chi connectivity index (χ2n) is 4.86. The maximum Gasteiger partial charge on any atom is 0.287 e. The molecule has 24 heavy (non-hydrogen) atoms. The number of hydrogen-bond acceptors (Lipinski definition) is 6. The largest absolute Gasteiger partial charge is 0.382 e. The highest BCUT2D eigenvalue weighted by atomic mass is 35.5. The summed E-state index contributed by atoms with van der Waals surface area (Å²) in [7, 11) is 1.49. The van der Waals surface area contributed by atoms with Crippen LogP contribution in [0.2, 0.25) is 5.02 Å². The number of benzene rings is 1. The van der Waals surface area contributed by atoms with Gasteiger partial charge in [-0.1, -0.05) is 11.6 Å². The lowest BCUT2D eigenvalue weighted by molar-refractivity contribution is -0.384. The molecule has 0 unspecified atom stereocenters. The molecular weight excluding hydrogens is 336 g/mol. The summed E-state index contributed by atoms with van der Waals surface area (Å²) in [5.41, 5.74) is 7.35. The average molecular weight is 347 g/mol. The molecule has 9 nitrogen and oxygen atoms in total. The summed E-state index contributed by atoms with van der Waals surface area (Å²) in [6, 6.07) is 4.18. The molecule has 2 heterocycles. The Labute approximate surface area is 140 Å². The molecule has 0 aliphatic carbocycles. The molecule has 10 heteroatoms. The van der Waals surface area contributed by atoms with E-state index in [2.05, 4.69) is 15.4 Å². The summed E-state index contributed by atoms with van der Waals surface area (Å²) in [5, 5.41) is 17.4. The molecule has 0 radical (unpaired) electrons. The average Bonchev–Trinajstić information content (AvgIpc) is 2.94. The molecule has 3 N–H and O–H groups in total. The van der Waals surface area contributed by atoms with Gasteiger partial charge < -0.3 is 11.1 Å². The number of amides is 1. The van der Waals surface area contributed by atoms with Gasteiger partial charge in [0, 0.05) is 24.9 Å². The number of carbonyl (C=O) groups excluding carboxylic acids is 1. The van der Waals surface area contributed by atoms with Gasteiger partial charge in [0.1, 0.15) is 16.9 Å². The molecule has 0 spiro atoms. The van der Waals surface area contributed by atoms with Gasteiger partial charge in [0.15, 0.2) is 5.82 Å². The van der Waals surface area contributed by atoms with E-state index in [0.717, 1.165) is 0 Å². The van der Waals surface area contributed by atoms with E-state index in [1.807, 2.05) is 0 Å². The molecule has 0 saturated heterocycles. The summed E-state index contributed by atoms with van der Waals surface area (Å²) < 4.78 is 1.43. The Morgan fingerprint density at radius 3 is 2.83 bits per heavy atom. The van der Waals surface area contributed by atoms with E-state index in [9.17, 15) is 14.9 Å². The van der Waals surface area contributed by atoms with Crippen molar-refractivity contribution < 1.29 is 9.72 Å². The van der Waals surface area contributed by atoms with Crippen LogP contribution in [0.25, 0.3) is 16.6 Å². The summed E-state index contributed by atoms with van der Waals surface area (Å²) in [4.78, 5) is 26.5. The zero-order valence-corrected chi connectivity index (χ0v) is 13.1. The first-order valence-corrected chi connectivity index (χ1v) is 7.10. The Balaban J connectivity index is 2.34. The molecule has 0 fully saturated rings. The van der Waals surface area contributed by atoms with Gasteiger partial charge in [0.25, 0.3) is 11.6 Å². The van der Waals surface area contributed by atoms with Crippen LogP contribution < -0.4 is 11.1 Å². The van der Waals surface area contributed by atoms with Crippen LogP contribution in [0.15, 0.2) is 30.7 Å². The van der Waals surface area contributed by atoms with Crippen molar-refractivity contribution in [3.8, 4) is 11.1 Å². The standard InChI is InChI=1S/C14H11ClN6O3/c1-17-14(22)8-5-20-12(13(16)18-6-19-20)11(8)7-2-3-10(21(23)24)9(15)4-7/h2-6H,1H3,(H,17,22)(H2,16,18,19). The molecule has 3 rings (SSSR count). The molecule has 1 amide bonds. The Kier molecular flexibility index (Phi) is 3.78. The van der Waals surface area contributed by atoms with Crippen LogP contribution in [0.5, 0.6) is 0 Å². The molecule has 0 aliphatic rings. The monoisotopic (exact) mass is 346 g/mol. The minimum absolute atomic E-state index is 0.0462. The molecule has 0 aliphatic heterocycles. The number of nitro benzene ring substituents is 1. The number of aromatic nitrogens is 3. The number of halogens is 1. The predicted octanol–water partition coefficient (Wildman–Crippen LogP) is 1.90. The van der Waals surface area contributed by atoms with Gasteiger partial charge in [-0.25, -0.2) is 9.50 Å². The fraction of sp³-hybridized carbons (Fsp3) is 0.0714. The molecule has 0 saturated carbocycles. The first-order chi connectivity index (χ1) is 11.4. The highest BCUT2D eigenvalue weighted by molar-refractivity contribution is 6.33. The first-order valence-electron chi connectivity index (χ1n) is 6.72. The second-order valence-corrected chi connectivity index (χ2v) is 5.27. The van der Waals surface area contributed by atoms with Crippen molar-refractivity contribution in [2.75, 3.05) is 12.8 Å². The molecule has 0 atom stereocenters. The van der Waals surface area contributed by atoms with Gasteiger partial charge >= 0.3 is 0 Å². The molecule has 1 aromatic carbocycles. The van der Waals surface area contributed by atoms with Crippen molar-refractivity contribution in [3.63, 3.8) is 0 Å². The maximum absolute atomic E-state index is 12.2. The van der Waals surface area contributed by atoms with E-state index in [-0.39, 0.29) is 22.4 Å². The van der Waals surface area contributed by atoms with Crippen molar-refractivity contribution >= 4 is 34.5 Å². The smallest absolute Gasteiger partial charge is 0.287 e. The van der Waals surface area contributed by atoms with Crippen LogP contribution >= 0.6 is 11.6 Å². The molecular formula is C14H11ClN6O3. The molecule has 0 bridgehead atoms. The fourth-order valence-electron chi connectivity index (χ4n) is 2.44. The van der Waals surface area contributed by atoms with E-state index in [0.29, 0.717) is 22.2 Å². The zero-order valence-electron chi connectivity index (χ0n) is 12.4. The normalized spacial score (nSPS) is 10.8. The number of hydrogen-bond donors (Lipinski definition) is 2. The highest BCUT2D eigenvalue weighted by Crippen LogP contribution is 2.36. The van der Waals surface area contributed by atoms with Crippen LogP contribution in [0.3, 0.4) is 0 Å². The van der Waals surface area contributed by atoms with E-state index in [4.69, 9.17) is 17.3 Å². The van der Waals surface area contributed by atoms with Gasteiger partial charge in [0.2, 0.25) is 0 Å². The molecule has 2 aromatic heterocycles. The summed E-state index contributed by atoms with van der Waals surface area (Å²) in [6.07, 6.45) is 2.78. The number of nitrogens with zero attached hydrogens (tertiary/aromatic N) is 4. The minimum atomic E-state index is -0.582. The molecule has 3 aromatic rings. The summed E-state index contributed by atoms with van der Waals surface area (Å²) in [6.45, 7) is 0. The number of nitrogens with two attached hydrogens (primary N) is 1. The van der Waals surface area contributed by atoms with E-state index in [1.165, 1.54) is 42.3 Å². The van der Waals surface area contributed by atoms with Crippen LogP contribution in [0.1, 0.15) is 10.4 Å². The van der Waals surface area contributed by atoms with Gasteiger partial charge in [-0.05, 0) is 17.7 Å². The molecule has 122 valence electrons. The number of rotatable bonds is 3. The van der Waals surface area contributed by atoms with Gasteiger partial charge in [-0.2, -0.15) is 5.10 Å². The van der Waals surface area contributed by atoms with Crippen molar-refractivity contribution in [1.29, 1.82) is 0 Å². The summed E-state index contributed by atoms with van der Waals surface area (Å²) >= 11 is 5.99. The Bertz CT molecular complexity index is 984. The predicted molar refractivity (Wildman–Crippen MR) is 87.9 cm³/mol. The fourth-order valence-corrected chi connectivity index (χ4v) is 2.69. The van der Waals surface area contributed by atoms with Crippen LogP contribution in [0.4, 0.5) is 11.5 Å². The quantitative estimate of drug-likeness (QED) is 0.550. The maximum atomic E-state index is 12.2. The summed E-state index contributed by atoms with van der Waals surface area (Å²) in [5.74, 6) is -0.186. The van der Waals surface area contributed by atoms with Crippen molar-refractivity contribution in [2.24, 2.45) is 0 Å². The van der Waals surface area contributed by atoms with E-state index >= 15 is 0 Å². The zero-order chi connectivity index (χ0) is 17.4. The van der Waals surface area contributed by atoms with Crippen LogP contribution in [-0.2, 0) is 0 Å². The highest BCUT2D eigenvalue weighted by Gasteiger charge is 2.22. The topological polar surface area (TPSA) is 128 Å². The minimum Gasteiger partial charge on any atom is -0.382 e. The SMILES string of the molecule is CNC(=O)c1cn2ncnc(N)c2c1-c1ccc([N+](=O)[O-])c(Cl)c1. The third kappa shape index (κ3) is 2.40. The van der Waals surface area contributed by atoms with Gasteiger partial charge in [-0.3, -0.25) is 14.9 Å². The van der Waals surface area contributed by atoms with E-state index in [1.54, 1.807) is 0 Å². The number of nitrogens with one attached hydrogen (secondary N) is 1.